The van der Waals surface area contributed by atoms with Gasteiger partial charge in [-0.15, -0.1) is 0 Å². The quantitative estimate of drug-likeness (QED) is 0.534. The molecule has 0 aliphatic heterocycles. The lowest BCUT2D eigenvalue weighted by Gasteiger charge is -2.11. The van der Waals surface area contributed by atoms with Crippen LogP contribution in [0.5, 0.6) is 0 Å². The molecule has 4 rings (SSSR count). The fraction of sp³-hybridized carbons (Fsp3) is 0.286. The molecule has 4 aromatic rings. The van der Waals surface area contributed by atoms with Gasteiger partial charge < -0.3 is 14.9 Å². The van der Waals surface area contributed by atoms with Gasteiger partial charge in [0.2, 0.25) is 5.91 Å². The second-order valence-electron chi connectivity index (χ2n) is 6.83. The number of hydrogen-bond donors (Lipinski definition) is 2. The highest BCUT2D eigenvalue weighted by atomic mass is 19.1. The minimum Gasteiger partial charge on any atom is -0.346 e. The van der Waals surface area contributed by atoms with Crippen LogP contribution in [0.25, 0.3) is 22.1 Å². The number of hydrogen-bond acceptors (Lipinski definition) is 3. The fourth-order valence-corrected chi connectivity index (χ4v) is 3.48. The Balaban J connectivity index is 1.42. The van der Waals surface area contributed by atoms with Gasteiger partial charge in [-0.25, -0.2) is 14.4 Å². The number of nitrogens with zero attached hydrogens (tertiary/aromatic N) is 3. The number of aromatic nitrogens is 4. The number of rotatable bonds is 6. The lowest BCUT2D eigenvalue weighted by Crippen LogP contribution is -2.27. The summed E-state index contributed by atoms with van der Waals surface area (Å²) in [4.78, 5) is 24.6. The minimum atomic E-state index is -0.321. The van der Waals surface area contributed by atoms with Crippen LogP contribution in [0.4, 0.5) is 4.39 Å². The third kappa shape index (κ3) is 3.47. The second kappa shape index (κ2) is 7.42. The predicted octanol–water partition coefficient (Wildman–Crippen LogP) is 3.88. The van der Waals surface area contributed by atoms with Crippen molar-refractivity contribution in [3.63, 3.8) is 0 Å². The van der Waals surface area contributed by atoms with Crippen molar-refractivity contribution in [3.8, 4) is 0 Å². The summed E-state index contributed by atoms with van der Waals surface area (Å²) in [5.41, 5.74) is 3.33. The van der Waals surface area contributed by atoms with Crippen LogP contribution in [0.1, 0.15) is 38.0 Å². The number of carbonyl (C=O) groups is 1. The Kier molecular flexibility index (Phi) is 4.81. The number of amides is 1. The molecule has 0 saturated heterocycles. The molecule has 2 aromatic carbocycles. The Morgan fingerprint density at radius 1 is 1.21 bits per heavy atom. The van der Waals surface area contributed by atoms with Crippen molar-refractivity contribution in [1.82, 2.24) is 24.8 Å². The monoisotopic (exact) mass is 379 g/mol. The van der Waals surface area contributed by atoms with Gasteiger partial charge in [0.25, 0.3) is 0 Å². The van der Waals surface area contributed by atoms with Crippen LogP contribution in [-0.4, -0.2) is 25.4 Å². The third-order valence-corrected chi connectivity index (χ3v) is 4.88. The van der Waals surface area contributed by atoms with Crippen molar-refractivity contribution in [1.29, 1.82) is 0 Å². The molecule has 0 aliphatic carbocycles. The van der Waals surface area contributed by atoms with Crippen LogP contribution in [0.3, 0.4) is 0 Å². The molecule has 28 heavy (non-hydrogen) atoms. The number of H-pyrrole nitrogens is 1. The van der Waals surface area contributed by atoms with E-state index in [9.17, 15) is 9.18 Å². The van der Waals surface area contributed by atoms with Crippen molar-refractivity contribution in [3.05, 3.63) is 59.9 Å². The molecule has 0 fully saturated rings. The second-order valence-corrected chi connectivity index (χ2v) is 6.83. The van der Waals surface area contributed by atoms with E-state index in [1.165, 1.54) is 12.1 Å². The Bertz CT molecular complexity index is 1150. The topological polar surface area (TPSA) is 75.6 Å². The van der Waals surface area contributed by atoms with E-state index in [4.69, 9.17) is 0 Å². The highest BCUT2D eigenvalue weighted by Crippen LogP contribution is 2.19. The molecule has 7 heteroatoms. The maximum absolute atomic E-state index is 13.3. The van der Waals surface area contributed by atoms with E-state index >= 15 is 0 Å². The molecule has 0 saturated carbocycles. The molecular formula is C21H22FN5O. The number of fused-ring (bicyclic) bond motifs is 2. The molecule has 0 spiro atoms. The first-order valence-electron chi connectivity index (χ1n) is 9.44. The molecule has 144 valence electrons. The lowest BCUT2D eigenvalue weighted by molar-refractivity contribution is -0.121. The number of aryl methyl sites for hydroxylation is 2. The summed E-state index contributed by atoms with van der Waals surface area (Å²) < 4.78 is 15.5. The van der Waals surface area contributed by atoms with Gasteiger partial charge >= 0.3 is 0 Å². The Morgan fingerprint density at radius 2 is 2.04 bits per heavy atom. The molecular weight excluding hydrogens is 357 g/mol. The average molecular weight is 379 g/mol. The van der Waals surface area contributed by atoms with E-state index < -0.39 is 0 Å². The van der Waals surface area contributed by atoms with Crippen LogP contribution >= 0.6 is 0 Å². The van der Waals surface area contributed by atoms with E-state index in [0.717, 1.165) is 23.4 Å². The fourth-order valence-electron chi connectivity index (χ4n) is 3.48. The molecule has 2 aromatic heterocycles. The summed E-state index contributed by atoms with van der Waals surface area (Å²) in [6.07, 6.45) is 0.898. The van der Waals surface area contributed by atoms with Crippen molar-refractivity contribution < 1.29 is 9.18 Å². The molecule has 0 bridgehead atoms. The van der Waals surface area contributed by atoms with E-state index in [-0.39, 0.29) is 17.8 Å². The molecule has 0 radical (unpaired) electrons. The van der Waals surface area contributed by atoms with E-state index in [1.807, 2.05) is 31.2 Å². The van der Waals surface area contributed by atoms with Crippen LogP contribution in [-0.2, 0) is 17.8 Å². The first kappa shape index (κ1) is 18.2. The molecule has 1 atom stereocenters. The van der Waals surface area contributed by atoms with Gasteiger partial charge in [0.05, 0.1) is 28.1 Å². The van der Waals surface area contributed by atoms with Crippen molar-refractivity contribution >= 4 is 28.0 Å². The predicted molar refractivity (Wildman–Crippen MR) is 106 cm³/mol. The zero-order valence-corrected chi connectivity index (χ0v) is 15.9. The van der Waals surface area contributed by atoms with Crippen LogP contribution in [0.15, 0.2) is 42.5 Å². The maximum Gasteiger partial charge on any atom is 0.221 e. The van der Waals surface area contributed by atoms with Crippen LogP contribution in [0, 0.1) is 5.82 Å². The van der Waals surface area contributed by atoms with Gasteiger partial charge in [-0.3, -0.25) is 4.79 Å². The number of halogens is 1. The van der Waals surface area contributed by atoms with Gasteiger partial charge in [0, 0.05) is 19.4 Å². The van der Waals surface area contributed by atoms with Crippen LogP contribution in [0.2, 0.25) is 0 Å². The summed E-state index contributed by atoms with van der Waals surface area (Å²) in [6, 6.07) is 12.1. The van der Waals surface area contributed by atoms with Gasteiger partial charge in [-0.2, -0.15) is 0 Å². The average Bonchev–Trinajstić information content (AvgIpc) is 3.26. The van der Waals surface area contributed by atoms with Crippen molar-refractivity contribution in [2.75, 3.05) is 0 Å². The van der Waals surface area contributed by atoms with Gasteiger partial charge in [0.15, 0.2) is 0 Å². The van der Waals surface area contributed by atoms with Gasteiger partial charge in [-0.1, -0.05) is 12.1 Å². The first-order valence-corrected chi connectivity index (χ1v) is 9.44. The number of carbonyl (C=O) groups excluding carboxylic acids is 1. The molecule has 6 nitrogen and oxygen atoms in total. The summed E-state index contributed by atoms with van der Waals surface area (Å²) in [5, 5.41) is 2.95. The SMILES string of the molecule is CCn1c(CCC(=O)NC(C)c2nc3ccc(F)cc3[nH]2)nc2ccccc21. The zero-order valence-electron chi connectivity index (χ0n) is 15.9. The smallest absolute Gasteiger partial charge is 0.221 e. The highest BCUT2D eigenvalue weighted by molar-refractivity contribution is 5.78. The molecule has 2 heterocycles. The zero-order chi connectivity index (χ0) is 19.7. The number of nitrogens with one attached hydrogen (secondary N) is 2. The number of imidazole rings is 2. The normalized spacial score (nSPS) is 12.5. The Morgan fingerprint density at radius 3 is 2.86 bits per heavy atom. The Hall–Kier alpha value is -3.22. The van der Waals surface area contributed by atoms with Gasteiger partial charge in [0.1, 0.15) is 17.5 Å². The summed E-state index contributed by atoms with van der Waals surface area (Å²) in [5.74, 6) is 1.12. The maximum atomic E-state index is 13.3. The van der Waals surface area contributed by atoms with E-state index in [1.54, 1.807) is 6.07 Å². The first-order chi connectivity index (χ1) is 13.5. The summed E-state index contributed by atoms with van der Waals surface area (Å²) in [6.45, 7) is 4.74. The molecule has 1 amide bonds. The number of para-hydroxylation sites is 2. The van der Waals surface area contributed by atoms with Crippen molar-refractivity contribution in [2.45, 2.75) is 39.3 Å². The number of benzene rings is 2. The summed E-state index contributed by atoms with van der Waals surface area (Å²) >= 11 is 0. The molecule has 2 N–H and O–H groups in total. The highest BCUT2D eigenvalue weighted by Gasteiger charge is 2.16. The molecule has 1 unspecified atom stereocenters. The van der Waals surface area contributed by atoms with Gasteiger partial charge in [-0.05, 0) is 44.2 Å². The largest absolute Gasteiger partial charge is 0.346 e. The standard InChI is InChI=1S/C21H22FN5O/c1-3-27-18-7-5-4-6-16(18)24-19(27)10-11-20(28)23-13(2)21-25-15-9-8-14(22)12-17(15)26-21/h4-9,12-13H,3,10-11H2,1-2H3,(H,23,28)(H,25,26). The summed E-state index contributed by atoms with van der Waals surface area (Å²) in [7, 11) is 0. The third-order valence-electron chi connectivity index (χ3n) is 4.88. The minimum absolute atomic E-state index is 0.0751. The van der Waals surface area contributed by atoms with E-state index in [0.29, 0.717) is 29.7 Å². The molecule has 0 aliphatic rings. The van der Waals surface area contributed by atoms with Crippen LogP contribution < -0.4 is 5.32 Å². The Labute approximate surface area is 161 Å². The van der Waals surface area contributed by atoms with E-state index in [2.05, 4.69) is 31.8 Å². The van der Waals surface area contributed by atoms with Crippen molar-refractivity contribution in [2.24, 2.45) is 0 Å². The number of aromatic amines is 1. The lowest BCUT2D eigenvalue weighted by atomic mass is 10.2.